The van der Waals surface area contributed by atoms with E-state index in [0.29, 0.717) is 6.54 Å². The van der Waals surface area contributed by atoms with Crippen molar-refractivity contribution in [3.05, 3.63) is 29.2 Å². The molecule has 0 aliphatic heterocycles. The van der Waals surface area contributed by atoms with Crippen LogP contribution >= 0.6 is 0 Å². The average Bonchev–Trinajstić information content (AvgIpc) is 3.07. The van der Waals surface area contributed by atoms with Gasteiger partial charge >= 0.3 is 6.03 Å². The van der Waals surface area contributed by atoms with E-state index < -0.39 is 19.0 Å². The number of carbonyl (C=O) groups is 1. The molecule has 2 aromatic rings. The Morgan fingerprint density at radius 2 is 2.04 bits per heavy atom. The first kappa shape index (κ1) is 17.9. The molecular formula is C15H22F2N6O. The van der Waals surface area contributed by atoms with E-state index in [1.165, 1.54) is 12.3 Å². The van der Waals surface area contributed by atoms with Crippen LogP contribution in [0, 0.1) is 0 Å². The van der Waals surface area contributed by atoms with Gasteiger partial charge in [-0.25, -0.2) is 13.6 Å². The smallest absolute Gasteiger partial charge is 0.320 e. The number of anilines is 1. The lowest BCUT2D eigenvalue weighted by Crippen LogP contribution is -2.29. The third-order valence-corrected chi connectivity index (χ3v) is 3.66. The highest BCUT2D eigenvalue weighted by Gasteiger charge is 2.15. The van der Waals surface area contributed by atoms with E-state index >= 15 is 0 Å². The number of nitrogens with one attached hydrogen (secondary N) is 2. The number of hydrogen-bond donors (Lipinski definition) is 2. The number of hydrogen-bond acceptors (Lipinski definition) is 3. The van der Waals surface area contributed by atoms with Crippen LogP contribution in [0.1, 0.15) is 30.8 Å². The van der Waals surface area contributed by atoms with Gasteiger partial charge in [-0.15, -0.1) is 0 Å². The normalized spacial score (nSPS) is 11.1. The maximum absolute atomic E-state index is 12.3. The largest absolute Gasteiger partial charge is 0.334 e. The minimum absolute atomic E-state index is 0.228. The van der Waals surface area contributed by atoms with Gasteiger partial charge in [0.15, 0.2) is 5.82 Å². The maximum Gasteiger partial charge on any atom is 0.320 e. The molecule has 0 aromatic carbocycles. The lowest BCUT2D eigenvalue weighted by molar-refractivity contribution is 0.122. The zero-order valence-electron chi connectivity index (χ0n) is 14.0. The second-order valence-corrected chi connectivity index (χ2v) is 5.32. The fourth-order valence-corrected chi connectivity index (χ4v) is 2.59. The summed E-state index contributed by atoms with van der Waals surface area (Å²) < 4.78 is 27.5. The predicted molar refractivity (Wildman–Crippen MR) is 86.1 cm³/mol. The summed E-state index contributed by atoms with van der Waals surface area (Å²) in [5.41, 5.74) is 3.05. The van der Waals surface area contributed by atoms with E-state index in [9.17, 15) is 13.6 Å². The standard InChI is InChI=1S/C15H22F2N6O/c1-4-11-10(12(5-2)22(3)20-11)8-18-15(24)19-14-6-7-23(21-14)9-13(16)17/h6-7,13H,4-5,8-9H2,1-3H3,(H2,18,19,21,24). The van der Waals surface area contributed by atoms with Gasteiger partial charge < -0.3 is 5.32 Å². The van der Waals surface area contributed by atoms with E-state index in [1.807, 2.05) is 25.6 Å². The van der Waals surface area contributed by atoms with Crippen molar-refractivity contribution >= 4 is 11.8 Å². The Labute approximate surface area is 139 Å². The molecule has 0 radical (unpaired) electrons. The van der Waals surface area contributed by atoms with Gasteiger partial charge in [-0.2, -0.15) is 10.2 Å². The van der Waals surface area contributed by atoms with E-state index in [0.717, 1.165) is 34.5 Å². The number of aromatic nitrogens is 4. The zero-order chi connectivity index (χ0) is 17.7. The summed E-state index contributed by atoms with van der Waals surface area (Å²) in [7, 11) is 1.89. The third kappa shape index (κ3) is 4.30. The molecule has 132 valence electrons. The van der Waals surface area contributed by atoms with Crippen molar-refractivity contribution in [3.8, 4) is 0 Å². The van der Waals surface area contributed by atoms with Crippen LogP contribution in [-0.2, 0) is 33.0 Å². The number of aryl methyl sites for hydroxylation is 2. The Kier molecular flexibility index (Phi) is 5.88. The summed E-state index contributed by atoms with van der Waals surface area (Å²) in [6.45, 7) is 3.90. The number of urea groups is 1. The lowest BCUT2D eigenvalue weighted by Gasteiger charge is -2.08. The van der Waals surface area contributed by atoms with Crippen LogP contribution in [0.5, 0.6) is 0 Å². The molecule has 2 heterocycles. The van der Waals surface area contributed by atoms with Crippen molar-refractivity contribution in [2.24, 2.45) is 7.05 Å². The summed E-state index contributed by atoms with van der Waals surface area (Å²) in [6, 6.07) is 1.03. The first-order valence-electron chi connectivity index (χ1n) is 7.84. The molecule has 2 rings (SSSR count). The topological polar surface area (TPSA) is 76.8 Å². The van der Waals surface area contributed by atoms with Crippen molar-refractivity contribution in [2.45, 2.75) is 46.2 Å². The molecule has 2 N–H and O–H groups in total. The number of halogens is 2. The van der Waals surface area contributed by atoms with Crippen molar-refractivity contribution in [1.29, 1.82) is 0 Å². The molecule has 2 amide bonds. The Morgan fingerprint density at radius 1 is 1.29 bits per heavy atom. The summed E-state index contributed by atoms with van der Waals surface area (Å²) in [5, 5.41) is 13.6. The van der Waals surface area contributed by atoms with Crippen LogP contribution in [0.4, 0.5) is 19.4 Å². The van der Waals surface area contributed by atoms with Gasteiger partial charge in [0.05, 0.1) is 5.69 Å². The Balaban J connectivity index is 1.95. The summed E-state index contributed by atoms with van der Waals surface area (Å²) in [4.78, 5) is 12.0. The number of nitrogens with zero attached hydrogens (tertiary/aromatic N) is 4. The van der Waals surface area contributed by atoms with E-state index in [2.05, 4.69) is 20.8 Å². The SMILES string of the molecule is CCc1nn(C)c(CC)c1CNC(=O)Nc1ccn(CC(F)F)n1. The Bertz CT molecular complexity index is 694. The summed E-state index contributed by atoms with van der Waals surface area (Å²) in [6.07, 6.45) is 0.509. The highest BCUT2D eigenvalue weighted by Crippen LogP contribution is 2.15. The van der Waals surface area contributed by atoms with Crippen LogP contribution in [0.25, 0.3) is 0 Å². The molecule has 0 spiro atoms. The Morgan fingerprint density at radius 3 is 2.67 bits per heavy atom. The molecular weight excluding hydrogens is 318 g/mol. The maximum atomic E-state index is 12.3. The van der Waals surface area contributed by atoms with Gasteiger partial charge in [-0.3, -0.25) is 14.7 Å². The predicted octanol–water partition coefficient (Wildman–Crippen LogP) is 2.33. The molecule has 0 unspecified atom stereocenters. The summed E-state index contributed by atoms with van der Waals surface area (Å²) >= 11 is 0. The molecule has 0 aliphatic carbocycles. The van der Waals surface area contributed by atoms with E-state index in [4.69, 9.17) is 0 Å². The summed E-state index contributed by atoms with van der Waals surface area (Å²) in [5.74, 6) is 0.228. The molecule has 0 bridgehead atoms. The number of alkyl halides is 2. The van der Waals surface area contributed by atoms with E-state index in [1.54, 1.807) is 0 Å². The van der Waals surface area contributed by atoms with Crippen molar-refractivity contribution in [2.75, 3.05) is 5.32 Å². The van der Waals surface area contributed by atoms with Gasteiger partial charge in [-0.1, -0.05) is 13.8 Å². The monoisotopic (exact) mass is 340 g/mol. The average molecular weight is 340 g/mol. The van der Waals surface area contributed by atoms with Crippen molar-refractivity contribution < 1.29 is 13.6 Å². The van der Waals surface area contributed by atoms with Crippen LogP contribution in [0.15, 0.2) is 12.3 Å². The molecule has 24 heavy (non-hydrogen) atoms. The first-order valence-corrected chi connectivity index (χ1v) is 7.84. The van der Waals surface area contributed by atoms with Gasteiger partial charge in [0.2, 0.25) is 0 Å². The quantitative estimate of drug-likeness (QED) is 0.812. The molecule has 9 heteroatoms. The zero-order valence-corrected chi connectivity index (χ0v) is 14.0. The van der Waals surface area contributed by atoms with Gasteiger partial charge in [0, 0.05) is 37.1 Å². The molecule has 0 aliphatic rings. The molecule has 7 nitrogen and oxygen atoms in total. The number of carbonyl (C=O) groups excluding carboxylic acids is 1. The second kappa shape index (κ2) is 7.89. The lowest BCUT2D eigenvalue weighted by atomic mass is 10.1. The molecule has 0 fully saturated rings. The Hall–Kier alpha value is -2.45. The van der Waals surface area contributed by atoms with Gasteiger partial charge in [0.25, 0.3) is 6.43 Å². The minimum Gasteiger partial charge on any atom is -0.334 e. The number of rotatable bonds is 7. The van der Waals surface area contributed by atoms with Crippen LogP contribution < -0.4 is 10.6 Å². The van der Waals surface area contributed by atoms with Crippen molar-refractivity contribution in [3.63, 3.8) is 0 Å². The molecule has 2 aromatic heterocycles. The fourth-order valence-electron chi connectivity index (χ4n) is 2.59. The third-order valence-electron chi connectivity index (χ3n) is 3.66. The first-order chi connectivity index (χ1) is 11.4. The fraction of sp³-hybridized carbons (Fsp3) is 0.533. The highest BCUT2D eigenvalue weighted by molar-refractivity contribution is 5.88. The van der Waals surface area contributed by atoms with Gasteiger partial charge in [-0.05, 0) is 12.8 Å². The van der Waals surface area contributed by atoms with Crippen LogP contribution in [0.2, 0.25) is 0 Å². The minimum atomic E-state index is -2.49. The van der Waals surface area contributed by atoms with Gasteiger partial charge in [0.1, 0.15) is 6.54 Å². The highest BCUT2D eigenvalue weighted by atomic mass is 19.3. The molecule has 0 saturated heterocycles. The van der Waals surface area contributed by atoms with Crippen LogP contribution in [0.3, 0.4) is 0 Å². The molecule has 0 atom stereocenters. The van der Waals surface area contributed by atoms with Crippen molar-refractivity contribution in [1.82, 2.24) is 24.9 Å². The second-order valence-electron chi connectivity index (χ2n) is 5.32. The van der Waals surface area contributed by atoms with Crippen LogP contribution in [-0.4, -0.2) is 32.0 Å². The molecule has 0 saturated carbocycles. The number of amides is 2. The van der Waals surface area contributed by atoms with E-state index in [-0.39, 0.29) is 5.82 Å².